The van der Waals surface area contributed by atoms with Gasteiger partial charge in [-0.15, -0.1) is 0 Å². The second-order valence-corrected chi connectivity index (χ2v) is 4.05. The maximum Gasteiger partial charge on any atom is 0.126 e. The Morgan fingerprint density at radius 2 is 2.19 bits per heavy atom. The molecule has 0 bridgehead atoms. The molecule has 0 saturated heterocycles. The first kappa shape index (κ1) is 12.9. The van der Waals surface area contributed by atoms with Crippen molar-refractivity contribution < 1.29 is 5.11 Å². The minimum Gasteiger partial charge on any atom is -0.395 e. The fraction of sp³-hybridized carbons (Fsp3) is 0.583. The molecule has 16 heavy (non-hydrogen) atoms. The average Bonchev–Trinajstić information content (AvgIpc) is 2.28. The number of nitrogens with one attached hydrogen (secondary N) is 1. The van der Waals surface area contributed by atoms with Crippen molar-refractivity contribution in [1.29, 1.82) is 0 Å². The van der Waals surface area contributed by atoms with Gasteiger partial charge in [-0.05, 0) is 26.0 Å². The van der Waals surface area contributed by atoms with Crippen LogP contribution in [0.2, 0.25) is 0 Å². The second kappa shape index (κ2) is 6.45. The molecule has 0 aliphatic carbocycles. The predicted octanol–water partition coefficient (Wildman–Crippen LogP) is 1.33. The largest absolute Gasteiger partial charge is 0.395 e. The van der Waals surface area contributed by atoms with E-state index in [0.717, 1.165) is 18.1 Å². The SMILES string of the molecule is CNc1cccc(CN(CCO)C(C)C)n1. The highest BCUT2D eigenvalue weighted by Crippen LogP contribution is 2.08. The molecule has 90 valence electrons. The van der Waals surface area contributed by atoms with Gasteiger partial charge in [0.2, 0.25) is 0 Å². The first-order valence-corrected chi connectivity index (χ1v) is 5.66. The zero-order chi connectivity index (χ0) is 12.0. The third-order valence-corrected chi connectivity index (χ3v) is 2.55. The summed E-state index contributed by atoms with van der Waals surface area (Å²) in [5.74, 6) is 0.880. The summed E-state index contributed by atoms with van der Waals surface area (Å²) in [5, 5.41) is 12.0. The van der Waals surface area contributed by atoms with E-state index in [-0.39, 0.29) is 6.61 Å². The summed E-state index contributed by atoms with van der Waals surface area (Å²) >= 11 is 0. The second-order valence-electron chi connectivity index (χ2n) is 4.05. The normalized spacial score (nSPS) is 11.1. The lowest BCUT2D eigenvalue weighted by Crippen LogP contribution is -2.33. The summed E-state index contributed by atoms with van der Waals surface area (Å²) in [5.41, 5.74) is 1.02. The lowest BCUT2D eigenvalue weighted by atomic mass is 10.2. The molecule has 0 atom stereocenters. The van der Waals surface area contributed by atoms with Crippen molar-refractivity contribution >= 4 is 5.82 Å². The molecule has 0 amide bonds. The minimum absolute atomic E-state index is 0.184. The van der Waals surface area contributed by atoms with Crippen molar-refractivity contribution in [2.75, 3.05) is 25.5 Å². The van der Waals surface area contributed by atoms with Gasteiger partial charge >= 0.3 is 0 Å². The fourth-order valence-corrected chi connectivity index (χ4v) is 1.56. The van der Waals surface area contributed by atoms with Gasteiger partial charge in [0.15, 0.2) is 0 Å². The van der Waals surface area contributed by atoms with Crippen LogP contribution < -0.4 is 5.32 Å². The van der Waals surface area contributed by atoms with Crippen LogP contribution in [0.3, 0.4) is 0 Å². The maximum atomic E-state index is 8.99. The smallest absolute Gasteiger partial charge is 0.126 e. The van der Waals surface area contributed by atoms with Gasteiger partial charge in [-0.3, -0.25) is 4.90 Å². The van der Waals surface area contributed by atoms with E-state index in [4.69, 9.17) is 5.11 Å². The van der Waals surface area contributed by atoms with Gasteiger partial charge in [0, 0.05) is 26.2 Å². The first-order chi connectivity index (χ1) is 7.67. The van der Waals surface area contributed by atoms with Crippen LogP contribution in [0.4, 0.5) is 5.82 Å². The van der Waals surface area contributed by atoms with Gasteiger partial charge in [-0.25, -0.2) is 4.98 Å². The van der Waals surface area contributed by atoms with E-state index in [9.17, 15) is 0 Å². The molecule has 1 aromatic rings. The molecule has 4 heteroatoms. The van der Waals surface area contributed by atoms with Gasteiger partial charge in [-0.1, -0.05) is 6.07 Å². The van der Waals surface area contributed by atoms with Crippen LogP contribution in [0.1, 0.15) is 19.5 Å². The molecule has 0 aliphatic heterocycles. The molecule has 1 heterocycles. The average molecular weight is 223 g/mol. The number of anilines is 1. The Balaban J connectivity index is 2.68. The summed E-state index contributed by atoms with van der Waals surface area (Å²) in [6, 6.07) is 6.35. The van der Waals surface area contributed by atoms with Crippen LogP contribution in [0, 0.1) is 0 Å². The Hall–Kier alpha value is -1.13. The summed E-state index contributed by atoms with van der Waals surface area (Å²) in [7, 11) is 1.86. The highest BCUT2D eigenvalue weighted by Gasteiger charge is 2.10. The quantitative estimate of drug-likeness (QED) is 0.764. The van der Waals surface area contributed by atoms with Crippen molar-refractivity contribution in [2.24, 2.45) is 0 Å². The number of aromatic nitrogens is 1. The molecule has 0 aromatic carbocycles. The molecule has 1 rings (SSSR count). The molecule has 0 saturated carbocycles. The summed E-state index contributed by atoms with van der Waals surface area (Å²) in [6.45, 7) is 5.88. The van der Waals surface area contributed by atoms with E-state index >= 15 is 0 Å². The molecule has 1 aromatic heterocycles. The Bertz CT molecular complexity index is 315. The third kappa shape index (κ3) is 3.79. The summed E-state index contributed by atoms with van der Waals surface area (Å²) in [6.07, 6.45) is 0. The monoisotopic (exact) mass is 223 g/mol. The lowest BCUT2D eigenvalue weighted by molar-refractivity contribution is 0.158. The van der Waals surface area contributed by atoms with Crippen LogP contribution in [0.15, 0.2) is 18.2 Å². The topological polar surface area (TPSA) is 48.4 Å². The number of hydrogen-bond donors (Lipinski definition) is 2. The predicted molar refractivity (Wildman–Crippen MR) is 66.4 cm³/mol. The number of rotatable bonds is 6. The molecule has 4 nitrogen and oxygen atoms in total. The molecule has 2 N–H and O–H groups in total. The van der Waals surface area contributed by atoms with Crippen LogP contribution >= 0.6 is 0 Å². The van der Waals surface area contributed by atoms with E-state index in [0.29, 0.717) is 12.6 Å². The van der Waals surface area contributed by atoms with Crippen LogP contribution in [0.5, 0.6) is 0 Å². The number of aliphatic hydroxyl groups excluding tert-OH is 1. The molecule has 0 spiro atoms. The highest BCUT2D eigenvalue weighted by molar-refractivity contribution is 5.34. The number of nitrogens with zero attached hydrogens (tertiary/aromatic N) is 2. The van der Waals surface area contributed by atoms with Crippen molar-refractivity contribution in [3.8, 4) is 0 Å². The number of hydrogen-bond acceptors (Lipinski definition) is 4. The zero-order valence-electron chi connectivity index (χ0n) is 10.3. The van der Waals surface area contributed by atoms with E-state index in [1.54, 1.807) is 0 Å². The standard InChI is InChI=1S/C12H21N3O/c1-10(2)15(7-8-16)9-11-5-4-6-12(13-3)14-11/h4-6,10,16H,7-9H2,1-3H3,(H,13,14). The minimum atomic E-state index is 0.184. The molecule has 0 unspecified atom stereocenters. The highest BCUT2D eigenvalue weighted by atomic mass is 16.3. The van der Waals surface area contributed by atoms with E-state index in [1.165, 1.54) is 0 Å². The maximum absolute atomic E-state index is 8.99. The van der Waals surface area contributed by atoms with Crippen molar-refractivity contribution in [2.45, 2.75) is 26.4 Å². The zero-order valence-corrected chi connectivity index (χ0v) is 10.3. The van der Waals surface area contributed by atoms with Gasteiger partial charge in [0.25, 0.3) is 0 Å². The molecule has 0 radical (unpaired) electrons. The van der Waals surface area contributed by atoms with E-state index in [2.05, 4.69) is 29.0 Å². The van der Waals surface area contributed by atoms with E-state index in [1.807, 2.05) is 25.2 Å². The Labute approximate surface area is 97.3 Å². The Morgan fingerprint density at radius 1 is 1.44 bits per heavy atom. The summed E-state index contributed by atoms with van der Waals surface area (Å²) < 4.78 is 0. The van der Waals surface area contributed by atoms with Gasteiger partial charge in [-0.2, -0.15) is 0 Å². The number of pyridine rings is 1. The van der Waals surface area contributed by atoms with Crippen molar-refractivity contribution in [3.05, 3.63) is 23.9 Å². The van der Waals surface area contributed by atoms with Crippen molar-refractivity contribution in [1.82, 2.24) is 9.88 Å². The molecule has 0 aliphatic rings. The van der Waals surface area contributed by atoms with Crippen LogP contribution in [-0.4, -0.2) is 41.2 Å². The first-order valence-electron chi connectivity index (χ1n) is 5.66. The lowest BCUT2D eigenvalue weighted by Gasteiger charge is -2.25. The number of aliphatic hydroxyl groups is 1. The Kier molecular flexibility index (Phi) is 5.22. The molecular formula is C12H21N3O. The van der Waals surface area contributed by atoms with Crippen molar-refractivity contribution in [3.63, 3.8) is 0 Å². The van der Waals surface area contributed by atoms with Crippen LogP contribution in [-0.2, 0) is 6.54 Å². The van der Waals surface area contributed by atoms with Crippen LogP contribution in [0.25, 0.3) is 0 Å². The summed E-state index contributed by atoms with van der Waals surface area (Å²) in [4.78, 5) is 6.66. The third-order valence-electron chi connectivity index (χ3n) is 2.55. The van der Waals surface area contributed by atoms with Gasteiger partial charge in [0.1, 0.15) is 5.82 Å². The van der Waals surface area contributed by atoms with Gasteiger partial charge < -0.3 is 10.4 Å². The fourth-order valence-electron chi connectivity index (χ4n) is 1.56. The van der Waals surface area contributed by atoms with E-state index < -0.39 is 0 Å². The van der Waals surface area contributed by atoms with Gasteiger partial charge in [0.05, 0.1) is 12.3 Å². The molecule has 0 fully saturated rings. The Morgan fingerprint density at radius 3 is 2.75 bits per heavy atom. The molecular weight excluding hydrogens is 202 g/mol.